The summed E-state index contributed by atoms with van der Waals surface area (Å²) in [7, 11) is 3.96. The zero-order chi connectivity index (χ0) is 21.0. The van der Waals surface area contributed by atoms with Crippen molar-refractivity contribution >= 4 is 22.2 Å². The maximum absolute atomic E-state index is 13.5. The molecule has 5 rings (SSSR count). The number of ketones is 1. The number of carbonyl (C=O) groups is 1. The Morgan fingerprint density at radius 1 is 1.07 bits per heavy atom. The van der Waals surface area contributed by atoms with Crippen LogP contribution in [-0.4, -0.2) is 42.7 Å². The van der Waals surface area contributed by atoms with Crippen molar-refractivity contribution in [3.8, 4) is 22.8 Å². The summed E-state index contributed by atoms with van der Waals surface area (Å²) < 4.78 is 12.6. The van der Waals surface area contributed by atoms with Gasteiger partial charge >= 0.3 is 0 Å². The highest BCUT2D eigenvalue weighted by molar-refractivity contribution is 6.27. The lowest BCUT2D eigenvalue weighted by molar-refractivity contribution is 0.104. The molecule has 3 aromatic rings. The van der Waals surface area contributed by atoms with Crippen LogP contribution in [0.3, 0.4) is 0 Å². The van der Waals surface area contributed by atoms with Crippen molar-refractivity contribution in [2.75, 3.05) is 27.4 Å². The van der Waals surface area contributed by atoms with E-state index < -0.39 is 0 Å². The highest BCUT2D eigenvalue weighted by Crippen LogP contribution is 2.46. The molecular weight excluding hydrogens is 382 g/mol. The van der Waals surface area contributed by atoms with Crippen LogP contribution in [0.1, 0.15) is 22.3 Å². The van der Waals surface area contributed by atoms with Gasteiger partial charge in [0.15, 0.2) is 23.0 Å². The van der Waals surface area contributed by atoms with Gasteiger partial charge in [0.25, 0.3) is 5.56 Å². The third kappa shape index (κ3) is 2.61. The molecule has 1 aliphatic heterocycles. The van der Waals surface area contributed by atoms with Gasteiger partial charge in [0.2, 0.25) is 6.79 Å². The summed E-state index contributed by atoms with van der Waals surface area (Å²) in [6.07, 6.45) is 0.751. The van der Waals surface area contributed by atoms with E-state index in [4.69, 9.17) is 16.0 Å². The van der Waals surface area contributed by atoms with Gasteiger partial charge in [0.1, 0.15) is 0 Å². The van der Waals surface area contributed by atoms with Gasteiger partial charge in [-0.15, -0.1) is 0 Å². The monoisotopic (exact) mass is 401 g/mol. The molecule has 2 heterocycles. The summed E-state index contributed by atoms with van der Waals surface area (Å²) in [4.78, 5) is 32.4. The first kappa shape index (κ1) is 18.4. The van der Waals surface area contributed by atoms with E-state index in [0.29, 0.717) is 56.9 Å². The van der Waals surface area contributed by atoms with Crippen LogP contribution in [0, 0.1) is 6.57 Å². The molecule has 2 aromatic carbocycles. The van der Waals surface area contributed by atoms with Crippen LogP contribution in [0.2, 0.25) is 0 Å². The average Bonchev–Trinajstić information content (AvgIpc) is 3.31. The fourth-order valence-corrected chi connectivity index (χ4v) is 4.23. The number of fused-ring (bicyclic) bond motifs is 6. The lowest BCUT2D eigenvalue weighted by Crippen LogP contribution is -2.25. The largest absolute Gasteiger partial charge is 0.454 e. The second-order valence-corrected chi connectivity index (χ2v) is 7.76. The summed E-state index contributed by atoms with van der Waals surface area (Å²) in [6.45, 7) is 8.69. The number of pyridine rings is 1. The molecule has 0 spiro atoms. The molecule has 0 radical (unpaired) electrons. The maximum Gasteiger partial charge on any atom is 0.257 e. The zero-order valence-corrected chi connectivity index (χ0v) is 16.7. The summed E-state index contributed by atoms with van der Waals surface area (Å²) >= 11 is 0. The molecule has 0 amide bonds. The van der Waals surface area contributed by atoms with Crippen LogP contribution >= 0.6 is 0 Å². The van der Waals surface area contributed by atoms with Crippen molar-refractivity contribution < 1.29 is 14.3 Å². The molecule has 7 nitrogen and oxygen atoms in total. The predicted molar refractivity (Wildman–Crippen MR) is 113 cm³/mol. The van der Waals surface area contributed by atoms with Crippen LogP contribution < -0.4 is 15.0 Å². The first-order chi connectivity index (χ1) is 14.5. The SMILES string of the molecule is [C-]#[N+]c1ccc2c3c(n(CCCN(C)C)c(=O)c2c1)-c1cc2c(cc1C3=O)OCO2. The molecule has 1 aromatic heterocycles. The van der Waals surface area contributed by atoms with Gasteiger partial charge in [-0.1, -0.05) is 12.1 Å². The molecule has 1 aliphatic carbocycles. The first-order valence-electron chi connectivity index (χ1n) is 9.71. The van der Waals surface area contributed by atoms with E-state index in [0.717, 1.165) is 13.0 Å². The maximum atomic E-state index is 13.5. The molecule has 30 heavy (non-hydrogen) atoms. The van der Waals surface area contributed by atoms with Gasteiger partial charge in [-0.2, -0.15) is 0 Å². The standard InChI is InChI=1S/C23H19N3O4/c1-24-13-5-6-14-17(9-13)23(28)26(8-4-7-25(2)3)21-15-10-18-19(30-12-29-18)11-16(15)22(27)20(14)21/h5-6,9-11H,4,7-8,12H2,2-3H3. The number of hydrogen-bond acceptors (Lipinski definition) is 5. The quantitative estimate of drug-likeness (QED) is 0.490. The van der Waals surface area contributed by atoms with Gasteiger partial charge < -0.3 is 18.9 Å². The molecular formula is C23H19N3O4. The number of aromatic nitrogens is 1. The third-order valence-electron chi connectivity index (χ3n) is 5.61. The van der Waals surface area contributed by atoms with Crippen LogP contribution in [0.5, 0.6) is 11.5 Å². The third-order valence-corrected chi connectivity index (χ3v) is 5.61. The molecule has 0 saturated carbocycles. The first-order valence-corrected chi connectivity index (χ1v) is 9.71. The highest BCUT2D eigenvalue weighted by atomic mass is 16.7. The number of hydrogen-bond donors (Lipinski definition) is 0. The van der Waals surface area contributed by atoms with E-state index in [-0.39, 0.29) is 18.1 Å². The number of ether oxygens (including phenoxy) is 2. The Morgan fingerprint density at radius 3 is 2.50 bits per heavy atom. The number of carbonyl (C=O) groups excluding carboxylic acids is 1. The van der Waals surface area contributed by atoms with Gasteiger partial charge in [-0.25, -0.2) is 4.85 Å². The molecule has 0 fully saturated rings. The Labute approximate surface area is 172 Å². The summed E-state index contributed by atoms with van der Waals surface area (Å²) in [5, 5.41) is 0.975. The number of benzene rings is 2. The Bertz CT molecular complexity index is 1330. The van der Waals surface area contributed by atoms with Crippen molar-refractivity contribution in [1.82, 2.24) is 9.47 Å². The Balaban J connectivity index is 1.81. The van der Waals surface area contributed by atoms with Crippen molar-refractivity contribution in [3.63, 3.8) is 0 Å². The normalized spacial score (nSPS) is 13.6. The second kappa shape index (κ2) is 6.71. The van der Waals surface area contributed by atoms with E-state index in [1.54, 1.807) is 34.9 Å². The van der Waals surface area contributed by atoms with Crippen molar-refractivity contribution in [2.45, 2.75) is 13.0 Å². The predicted octanol–water partition coefficient (Wildman–Crippen LogP) is 3.44. The van der Waals surface area contributed by atoms with Gasteiger partial charge in [-0.3, -0.25) is 9.59 Å². The molecule has 2 aliphatic rings. The molecule has 0 bridgehead atoms. The highest BCUT2D eigenvalue weighted by Gasteiger charge is 2.35. The Kier molecular flexibility index (Phi) is 4.12. The van der Waals surface area contributed by atoms with Crippen LogP contribution in [0.25, 0.3) is 26.9 Å². The van der Waals surface area contributed by atoms with E-state index in [9.17, 15) is 9.59 Å². The zero-order valence-electron chi connectivity index (χ0n) is 16.7. The minimum Gasteiger partial charge on any atom is -0.454 e. The fraction of sp³-hybridized carbons (Fsp3) is 0.261. The molecule has 7 heteroatoms. The molecule has 0 atom stereocenters. The molecule has 0 N–H and O–H groups in total. The Hall–Kier alpha value is -3.63. The minimum absolute atomic E-state index is 0.117. The molecule has 0 unspecified atom stereocenters. The lowest BCUT2D eigenvalue weighted by Gasteiger charge is -2.16. The second-order valence-electron chi connectivity index (χ2n) is 7.76. The summed E-state index contributed by atoms with van der Waals surface area (Å²) in [6, 6.07) is 8.43. The van der Waals surface area contributed by atoms with Gasteiger partial charge in [0, 0.05) is 23.1 Å². The van der Waals surface area contributed by atoms with Crippen molar-refractivity contribution in [3.05, 3.63) is 63.2 Å². The molecule has 150 valence electrons. The topological polar surface area (TPSA) is 65.1 Å². The van der Waals surface area contributed by atoms with E-state index in [1.165, 1.54) is 0 Å². The number of nitrogens with zero attached hydrogens (tertiary/aromatic N) is 3. The van der Waals surface area contributed by atoms with Gasteiger partial charge in [-0.05, 0) is 50.6 Å². The summed E-state index contributed by atoms with van der Waals surface area (Å²) in [5.74, 6) is 0.973. The van der Waals surface area contributed by atoms with Crippen LogP contribution in [-0.2, 0) is 6.54 Å². The molecule has 0 saturated heterocycles. The lowest BCUT2D eigenvalue weighted by atomic mass is 10.0. The van der Waals surface area contributed by atoms with Gasteiger partial charge in [0.05, 0.1) is 17.8 Å². The number of rotatable bonds is 4. The van der Waals surface area contributed by atoms with Crippen LogP contribution in [0.4, 0.5) is 5.69 Å². The summed E-state index contributed by atoms with van der Waals surface area (Å²) in [5.41, 5.74) is 2.52. The smallest absolute Gasteiger partial charge is 0.257 e. The van der Waals surface area contributed by atoms with E-state index in [2.05, 4.69) is 9.74 Å². The van der Waals surface area contributed by atoms with E-state index >= 15 is 0 Å². The average molecular weight is 401 g/mol. The van der Waals surface area contributed by atoms with Crippen LogP contribution in [0.15, 0.2) is 35.1 Å². The fourth-order valence-electron chi connectivity index (χ4n) is 4.23. The Morgan fingerprint density at radius 2 is 1.80 bits per heavy atom. The van der Waals surface area contributed by atoms with Crippen molar-refractivity contribution in [1.29, 1.82) is 0 Å². The minimum atomic E-state index is -0.189. The van der Waals surface area contributed by atoms with Crippen molar-refractivity contribution in [2.24, 2.45) is 0 Å². The van der Waals surface area contributed by atoms with E-state index in [1.807, 2.05) is 14.1 Å².